The summed E-state index contributed by atoms with van der Waals surface area (Å²) >= 11 is 1.89. The third-order valence-electron chi connectivity index (χ3n) is 3.86. The molecule has 1 fully saturated rings. The van der Waals surface area contributed by atoms with E-state index in [9.17, 15) is 4.79 Å². The summed E-state index contributed by atoms with van der Waals surface area (Å²) in [6.45, 7) is 0. The molecule has 2 aromatic rings. The standard InChI is InChI=1S/C17H17N3O2S/c1-22-17(21)14-10-15(16-7-2-3-8-23-16)20(19-14)13-6-4-5-12(9-13)11-18/h4-6,9-10,16H,2-3,7-8H2,1H3. The quantitative estimate of drug-likeness (QED) is 0.807. The maximum absolute atomic E-state index is 11.9. The lowest BCUT2D eigenvalue weighted by atomic mass is 10.1. The molecule has 0 aliphatic carbocycles. The van der Waals surface area contributed by atoms with Crippen LogP contribution in [0.5, 0.6) is 0 Å². The van der Waals surface area contributed by atoms with E-state index in [-0.39, 0.29) is 0 Å². The zero-order valence-corrected chi connectivity index (χ0v) is 13.7. The molecule has 23 heavy (non-hydrogen) atoms. The van der Waals surface area contributed by atoms with Crippen molar-refractivity contribution in [3.8, 4) is 11.8 Å². The van der Waals surface area contributed by atoms with E-state index < -0.39 is 5.97 Å². The van der Waals surface area contributed by atoms with Crippen LogP contribution in [-0.4, -0.2) is 28.6 Å². The highest BCUT2D eigenvalue weighted by molar-refractivity contribution is 7.99. The van der Waals surface area contributed by atoms with Gasteiger partial charge in [-0.3, -0.25) is 0 Å². The van der Waals surface area contributed by atoms with Gasteiger partial charge < -0.3 is 4.74 Å². The van der Waals surface area contributed by atoms with E-state index in [0.29, 0.717) is 16.5 Å². The molecule has 0 N–H and O–H groups in total. The number of aromatic nitrogens is 2. The smallest absolute Gasteiger partial charge is 0.358 e. The van der Waals surface area contributed by atoms with Crippen LogP contribution in [0, 0.1) is 11.3 Å². The predicted octanol–water partition coefficient (Wildman–Crippen LogP) is 3.49. The van der Waals surface area contributed by atoms with Gasteiger partial charge in [0.2, 0.25) is 0 Å². The van der Waals surface area contributed by atoms with Gasteiger partial charge in [0.15, 0.2) is 5.69 Å². The van der Waals surface area contributed by atoms with Gasteiger partial charge in [-0.2, -0.15) is 22.1 Å². The minimum Gasteiger partial charge on any atom is -0.464 e. The molecule has 1 aromatic heterocycles. The Kier molecular flexibility index (Phi) is 4.68. The van der Waals surface area contributed by atoms with Crippen molar-refractivity contribution in [3.05, 3.63) is 47.3 Å². The highest BCUT2D eigenvalue weighted by Crippen LogP contribution is 2.39. The summed E-state index contributed by atoms with van der Waals surface area (Å²) in [4.78, 5) is 11.9. The Labute approximate surface area is 139 Å². The van der Waals surface area contributed by atoms with Gasteiger partial charge in [0.25, 0.3) is 0 Å². The number of hydrogen-bond donors (Lipinski definition) is 0. The molecule has 1 saturated heterocycles. The number of methoxy groups -OCH3 is 1. The second kappa shape index (κ2) is 6.88. The van der Waals surface area contributed by atoms with E-state index in [4.69, 9.17) is 10.00 Å². The normalized spacial score (nSPS) is 17.5. The molecule has 1 aliphatic rings. The fraction of sp³-hybridized carbons (Fsp3) is 0.353. The topological polar surface area (TPSA) is 67.9 Å². The SMILES string of the molecule is COC(=O)c1cc(C2CCCCS2)n(-c2cccc(C#N)c2)n1. The zero-order valence-electron chi connectivity index (χ0n) is 12.9. The van der Waals surface area contributed by atoms with Gasteiger partial charge in [0.05, 0.1) is 30.1 Å². The van der Waals surface area contributed by atoms with Gasteiger partial charge in [-0.25, -0.2) is 9.48 Å². The Morgan fingerprint density at radius 2 is 2.30 bits per heavy atom. The number of rotatable bonds is 3. The summed E-state index contributed by atoms with van der Waals surface area (Å²) in [5.41, 5.74) is 2.65. The molecule has 6 heteroatoms. The average Bonchev–Trinajstić information content (AvgIpc) is 3.07. The van der Waals surface area contributed by atoms with Crippen molar-refractivity contribution in [1.82, 2.24) is 9.78 Å². The van der Waals surface area contributed by atoms with Crippen molar-refractivity contribution in [3.63, 3.8) is 0 Å². The first-order chi connectivity index (χ1) is 11.2. The van der Waals surface area contributed by atoms with Crippen LogP contribution in [0.3, 0.4) is 0 Å². The van der Waals surface area contributed by atoms with Crippen molar-refractivity contribution >= 4 is 17.7 Å². The van der Waals surface area contributed by atoms with Crippen molar-refractivity contribution < 1.29 is 9.53 Å². The van der Waals surface area contributed by atoms with Crippen LogP contribution < -0.4 is 0 Å². The third-order valence-corrected chi connectivity index (χ3v) is 5.26. The number of ether oxygens (including phenoxy) is 1. The molecule has 0 radical (unpaired) electrons. The lowest BCUT2D eigenvalue weighted by Gasteiger charge is -2.22. The number of hydrogen-bond acceptors (Lipinski definition) is 5. The van der Waals surface area contributed by atoms with Crippen molar-refractivity contribution in [2.75, 3.05) is 12.9 Å². The molecule has 1 aliphatic heterocycles. The first-order valence-electron chi connectivity index (χ1n) is 7.53. The van der Waals surface area contributed by atoms with E-state index in [1.807, 2.05) is 30.0 Å². The molecule has 0 spiro atoms. The molecular weight excluding hydrogens is 310 g/mol. The zero-order chi connectivity index (χ0) is 16.2. The second-order valence-corrected chi connectivity index (χ2v) is 6.69. The predicted molar refractivity (Wildman–Crippen MR) is 88.7 cm³/mol. The van der Waals surface area contributed by atoms with Crippen LogP contribution in [0.2, 0.25) is 0 Å². The number of esters is 1. The molecular formula is C17H17N3O2S. The molecule has 0 bridgehead atoms. The van der Waals surface area contributed by atoms with Gasteiger partial charge in [-0.05, 0) is 42.9 Å². The highest BCUT2D eigenvalue weighted by Gasteiger charge is 2.24. The Morgan fingerprint density at radius 1 is 1.43 bits per heavy atom. The minimum absolute atomic E-state index is 0.302. The van der Waals surface area contributed by atoms with Gasteiger partial charge >= 0.3 is 5.97 Å². The lowest BCUT2D eigenvalue weighted by molar-refractivity contribution is 0.0593. The number of nitriles is 1. The van der Waals surface area contributed by atoms with Crippen molar-refractivity contribution in [2.45, 2.75) is 24.5 Å². The largest absolute Gasteiger partial charge is 0.464 e. The Bertz CT molecular complexity index is 757. The number of benzene rings is 1. The molecule has 1 atom stereocenters. The van der Waals surface area contributed by atoms with E-state index in [1.54, 1.807) is 16.8 Å². The molecule has 1 unspecified atom stereocenters. The van der Waals surface area contributed by atoms with Gasteiger partial charge in [0, 0.05) is 5.25 Å². The summed E-state index contributed by atoms with van der Waals surface area (Å²) in [6.07, 6.45) is 3.46. The van der Waals surface area contributed by atoms with Crippen LogP contribution >= 0.6 is 11.8 Å². The van der Waals surface area contributed by atoms with Crippen LogP contribution in [0.1, 0.15) is 46.3 Å². The molecule has 0 amide bonds. The molecule has 5 nitrogen and oxygen atoms in total. The number of nitrogens with zero attached hydrogens (tertiary/aromatic N) is 3. The second-order valence-electron chi connectivity index (χ2n) is 5.38. The van der Waals surface area contributed by atoms with E-state index >= 15 is 0 Å². The number of carbonyl (C=O) groups is 1. The Hall–Kier alpha value is -2.26. The summed E-state index contributed by atoms with van der Waals surface area (Å²) in [7, 11) is 1.35. The summed E-state index contributed by atoms with van der Waals surface area (Å²) in [5, 5.41) is 13.8. The fourth-order valence-corrected chi connectivity index (χ4v) is 4.04. The minimum atomic E-state index is -0.442. The van der Waals surface area contributed by atoms with Gasteiger partial charge in [-0.15, -0.1) is 0 Å². The maximum Gasteiger partial charge on any atom is 0.358 e. The van der Waals surface area contributed by atoms with E-state index in [2.05, 4.69) is 11.2 Å². The van der Waals surface area contributed by atoms with Crippen molar-refractivity contribution in [2.24, 2.45) is 0 Å². The maximum atomic E-state index is 11.9. The monoisotopic (exact) mass is 327 g/mol. The lowest BCUT2D eigenvalue weighted by Crippen LogP contribution is -2.09. The number of carbonyl (C=O) groups excluding carboxylic acids is 1. The number of thioether (sulfide) groups is 1. The molecule has 1 aromatic carbocycles. The Morgan fingerprint density at radius 3 is 3.00 bits per heavy atom. The molecule has 2 heterocycles. The Balaban J connectivity index is 2.07. The summed E-state index contributed by atoms with van der Waals surface area (Å²) in [5.74, 6) is 0.670. The van der Waals surface area contributed by atoms with Gasteiger partial charge in [0.1, 0.15) is 0 Å². The first-order valence-corrected chi connectivity index (χ1v) is 8.58. The summed E-state index contributed by atoms with van der Waals surface area (Å²) in [6, 6.07) is 11.2. The summed E-state index contributed by atoms with van der Waals surface area (Å²) < 4.78 is 6.57. The molecule has 0 saturated carbocycles. The van der Waals surface area contributed by atoms with E-state index in [0.717, 1.165) is 23.6 Å². The van der Waals surface area contributed by atoms with Gasteiger partial charge in [-0.1, -0.05) is 12.5 Å². The average molecular weight is 327 g/mol. The fourth-order valence-electron chi connectivity index (χ4n) is 2.72. The molecule has 3 rings (SSSR count). The molecule has 118 valence electrons. The van der Waals surface area contributed by atoms with Crippen LogP contribution in [0.4, 0.5) is 0 Å². The van der Waals surface area contributed by atoms with Crippen molar-refractivity contribution in [1.29, 1.82) is 5.26 Å². The third kappa shape index (κ3) is 3.25. The first kappa shape index (κ1) is 15.6. The van der Waals surface area contributed by atoms with Crippen LogP contribution in [0.25, 0.3) is 5.69 Å². The van der Waals surface area contributed by atoms with Crippen LogP contribution in [-0.2, 0) is 4.74 Å². The highest BCUT2D eigenvalue weighted by atomic mass is 32.2. The van der Waals surface area contributed by atoms with Crippen LogP contribution in [0.15, 0.2) is 30.3 Å². The van der Waals surface area contributed by atoms with E-state index in [1.165, 1.54) is 20.0 Å².